The number of amides is 1. The average molecular weight is 252 g/mol. The lowest BCUT2D eigenvalue weighted by Gasteiger charge is -2.24. The summed E-state index contributed by atoms with van der Waals surface area (Å²) in [5, 5.41) is 0. The normalized spacial score (nSPS) is 14.8. The Morgan fingerprint density at radius 2 is 2.22 bits per heavy atom. The summed E-state index contributed by atoms with van der Waals surface area (Å²) in [6, 6.07) is 0. The molecule has 0 aliphatic carbocycles. The number of aromatic nitrogens is 2. The second-order valence-electron chi connectivity index (χ2n) is 5.48. The molecule has 2 heterocycles. The summed E-state index contributed by atoms with van der Waals surface area (Å²) in [5.41, 5.74) is 6.92. The molecule has 0 atom stereocenters. The van der Waals surface area contributed by atoms with Crippen molar-refractivity contribution in [3.05, 3.63) is 17.2 Å². The lowest BCUT2D eigenvalue weighted by atomic mass is 10.2. The zero-order valence-electron chi connectivity index (χ0n) is 11.1. The van der Waals surface area contributed by atoms with Gasteiger partial charge in [0.2, 0.25) is 0 Å². The minimum atomic E-state index is -0.467. The number of nitrogens with two attached hydrogens (primary N) is 1. The van der Waals surface area contributed by atoms with Crippen LogP contribution in [-0.4, -0.2) is 33.1 Å². The molecule has 6 heteroatoms. The van der Waals surface area contributed by atoms with Crippen molar-refractivity contribution in [3.8, 4) is 0 Å². The first-order chi connectivity index (χ1) is 8.39. The summed E-state index contributed by atoms with van der Waals surface area (Å²) in [6.07, 6.45) is 0.439. The highest BCUT2D eigenvalue weighted by Crippen LogP contribution is 2.22. The molecular weight excluding hydrogens is 232 g/mol. The van der Waals surface area contributed by atoms with Crippen molar-refractivity contribution in [2.75, 3.05) is 6.54 Å². The van der Waals surface area contributed by atoms with Crippen LogP contribution in [-0.2, 0) is 24.2 Å². The zero-order valence-corrected chi connectivity index (χ0v) is 11.1. The van der Waals surface area contributed by atoms with E-state index in [0.29, 0.717) is 19.6 Å². The molecule has 1 aliphatic rings. The molecule has 0 unspecified atom stereocenters. The molecule has 3 N–H and O–H groups in total. The van der Waals surface area contributed by atoms with Crippen LogP contribution in [0.4, 0.5) is 4.79 Å². The smallest absolute Gasteiger partial charge is 0.410 e. The molecule has 1 amide bonds. The van der Waals surface area contributed by atoms with Gasteiger partial charge in [-0.25, -0.2) is 9.78 Å². The molecule has 1 aromatic heterocycles. The predicted molar refractivity (Wildman–Crippen MR) is 66.8 cm³/mol. The van der Waals surface area contributed by atoms with Gasteiger partial charge in [-0.2, -0.15) is 0 Å². The van der Waals surface area contributed by atoms with Crippen molar-refractivity contribution in [2.24, 2.45) is 5.73 Å². The average Bonchev–Trinajstić information content (AvgIpc) is 2.72. The summed E-state index contributed by atoms with van der Waals surface area (Å²) in [4.78, 5) is 21.2. The second kappa shape index (κ2) is 4.61. The fraction of sp³-hybridized carbons (Fsp3) is 0.667. The van der Waals surface area contributed by atoms with Crippen molar-refractivity contribution in [1.82, 2.24) is 14.9 Å². The van der Waals surface area contributed by atoms with Gasteiger partial charge in [-0.1, -0.05) is 0 Å². The standard InChI is InChI=1S/C12H20N4O2/c1-12(2,3)18-11(17)16-6-8-9(7-16)15-10(14-8)4-5-13/h4-7,13H2,1-3H3,(H,14,15). The van der Waals surface area contributed by atoms with E-state index >= 15 is 0 Å². The number of ether oxygens (including phenoxy) is 1. The predicted octanol–water partition coefficient (Wildman–Crippen LogP) is 1.16. The van der Waals surface area contributed by atoms with Gasteiger partial charge >= 0.3 is 6.09 Å². The third-order valence-corrected chi connectivity index (χ3v) is 2.64. The molecule has 1 aromatic rings. The Balaban J connectivity index is 1.98. The first kappa shape index (κ1) is 12.9. The van der Waals surface area contributed by atoms with E-state index in [9.17, 15) is 4.79 Å². The lowest BCUT2D eigenvalue weighted by molar-refractivity contribution is 0.0238. The van der Waals surface area contributed by atoms with Crippen LogP contribution in [0, 0.1) is 0 Å². The molecule has 0 aromatic carbocycles. The summed E-state index contributed by atoms with van der Waals surface area (Å²) >= 11 is 0. The van der Waals surface area contributed by atoms with E-state index in [4.69, 9.17) is 10.5 Å². The molecule has 18 heavy (non-hydrogen) atoms. The Morgan fingerprint density at radius 3 is 2.78 bits per heavy atom. The number of fused-ring (bicyclic) bond motifs is 1. The highest BCUT2D eigenvalue weighted by Gasteiger charge is 2.29. The Morgan fingerprint density at radius 1 is 1.50 bits per heavy atom. The summed E-state index contributed by atoms with van der Waals surface area (Å²) in [6.45, 7) is 7.18. The summed E-state index contributed by atoms with van der Waals surface area (Å²) in [7, 11) is 0. The molecule has 100 valence electrons. The van der Waals surface area contributed by atoms with Crippen LogP contribution < -0.4 is 5.73 Å². The van der Waals surface area contributed by atoms with E-state index in [-0.39, 0.29) is 6.09 Å². The molecule has 0 fully saturated rings. The van der Waals surface area contributed by atoms with Crippen molar-refractivity contribution in [1.29, 1.82) is 0 Å². The third kappa shape index (κ3) is 2.81. The van der Waals surface area contributed by atoms with Crippen LogP contribution >= 0.6 is 0 Å². The lowest BCUT2D eigenvalue weighted by Crippen LogP contribution is -2.33. The van der Waals surface area contributed by atoms with E-state index in [0.717, 1.165) is 23.6 Å². The number of carbonyl (C=O) groups excluding carboxylic acids is 1. The number of rotatable bonds is 2. The van der Waals surface area contributed by atoms with Crippen LogP contribution in [0.5, 0.6) is 0 Å². The minimum Gasteiger partial charge on any atom is -0.444 e. The Bertz CT molecular complexity index is 424. The number of carbonyl (C=O) groups is 1. The monoisotopic (exact) mass is 252 g/mol. The van der Waals surface area contributed by atoms with Gasteiger partial charge in [0.15, 0.2) is 0 Å². The zero-order chi connectivity index (χ0) is 13.3. The van der Waals surface area contributed by atoms with Crippen molar-refractivity contribution >= 4 is 6.09 Å². The number of nitrogens with zero attached hydrogens (tertiary/aromatic N) is 2. The summed E-state index contributed by atoms with van der Waals surface area (Å²) in [5.74, 6) is 0.895. The molecule has 0 radical (unpaired) electrons. The van der Waals surface area contributed by atoms with E-state index in [1.807, 2.05) is 20.8 Å². The number of imidazole rings is 1. The second-order valence-corrected chi connectivity index (χ2v) is 5.48. The van der Waals surface area contributed by atoms with Gasteiger partial charge in [0.1, 0.15) is 11.4 Å². The van der Waals surface area contributed by atoms with Crippen molar-refractivity contribution in [3.63, 3.8) is 0 Å². The van der Waals surface area contributed by atoms with E-state index in [1.165, 1.54) is 0 Å². The molecule has 0 saturated heterocycles. The Hall–Kier alpha value is -1.56. The largest absolute Gasteiger partial charge is 0.444 e. The topological polar surface area (TPSA) is 84.2 Å². The van der Waals surface area contributed by atoms with E-state index in [1.54, 1.807) is 4.90 Å². The van der Waals surface area contributed by atoms with Crippen LogP contribution in [0.25, 0.3) is 0 Å². The molecular formula is C12H20N4O2. The highest BCUT2D eigenvalue weighted by molar-refractivity contribution is 5.68. The van der Waals surface area contributed by atoms with Gasteiger partial charge in [-0.3, -0.25) is 4.90 Å². The van der Waals surface area contributed by atoms with Gasteiger partial charge < -0.3 is 15.5 Å². The molecule has 0 bridgehead atoms. The minimum absolute atomic E-state index is 0.297. The third-order valence-electron chi connectivity index (χ3n) is 2.64. The highest BCUT2D eigenvalue weighted by atomic mass is 16.6. The fourth-order valence-corrected chi connectivity index (χ4v) is 1.90. The molecule has 0 spiro atoms. The van der Waals surface area contributed by atoms with Crippen LogP contribution in [0.2, 0.25) is 0 Å². The Labute approximate surface area is 107 Å². The first-order valence-electron chi connectivity index (χ1n) is 6.13. The van der Waals surface area contributed by atoms with E-state index < -0.39 is 5.60 Å². The quantitative estimate of drug-likeness (QED) is 0.827. The van der Waals surface area contributed by atoms with E-state index in [2.05, 4.69) is 9.97 Å². The van der Waals surface area contributed by atoms with Crippen LogP contribution in [0.3, 0.4) is 0 Å². The van der Waals surface area contributed by atoms with Gasteiger partial charge in [0, 0.05) is 6.42 Å². The molecule has 0 saturated carbocycles. The molecule has 6 nitrogen and oxygen atoms in total. The number of aromatic amines is 1. The number of H-pyrrole nitrogens is 1. The van der Waals surface area contributed by atoms with Gasteiger partial charge in [-0.15, -0.1) is 0 Å². The number of nitrogens with one attached hydrogen (secondary N) is 1. The summed E-state index contributed by atoms with van der Waals surface area (Å²) < 4.78 is 5.33. The number of hydrogen-bond donors (Lipinski definition) is 2. The maximum Gasteiger partial charge on any atom is 0.410 e. The Kier molecular flexibility index (Phi) is 3.30. The van der Waals surface area contributed by atoms with Gasteiger partial charge in [-0.05, 0) is 27.3 Å². The van der Waals surface area contributed by atoms with Gasteiger partial charge in [0.05, 0.1) is 24.5 Å². The maximum absolute atomic E-state index is 11.9. The fourth-order valence-electron chi connectivity index (χ4n) is 1.90. The van der Waals surface area contributed by atoms with Crippen molar-refractivity contribution < 1.29 is 9.53 Å². The molecule has 1 aliphatic heterocycles. The first-order valence-corrected chi connectivity index (χ1v) is 6.13. The molecule has 2 rings (SSSR count). The maximum atomic E-state index is 11.9. The van der Waals surface area contributed by atoms with Crippen molar-refractivity contribution in [2.45, 2.75) is 45.9 Å². The number of hydrogen-bond acceptors (Lipinski definition) is 4. The van der Waals surface area contributed by atoms with Crippen LogP contribution in [0.1, 0.15) is 38.0 Å². The van der Waals surface area contributed by atoms with Gasteiger partial charge in [0.25, 0.3) is 0 Å². The SMILES string of the molecule is CC(C)(C)OC(=O)N1Cc2nc(CCN)[nH]c2C1. The van der Waals surface area contributed by atoms with Crippen LogP contribution in [0.15, 0.2) is 0 Å².